The zero-order valence-corrected chi connectivity index (χ0v) is 20.1. The first-order valence-corrected chi connectivity index (χ1v) is 12.3. The smallest absolute Gasteiger partial charge is 0.246 e. The number of aromatic nitrogens is 2. The van der Waals surface area contributed by atoms with Crippen LogP contribution in [-0.2, 0) is 16.6 Å². The van der Waals surface area contributed by atoms with Crippen LogP contribution in [0, 0.1) is 5.82 Å². The summed E-state index contributed by atoms with van der Waals surface area (Å²) in [5.41, 5.74) is 0.908. The van der Waals surface area contributed by atoms with Crippen LogP contribution in [0.15, 0.2) is 77.8 Å². The second-order valence-electron chi connectivity index (χ2n) is 7.86. The van der Waals surface area contributed by atoms with Crippen molar-refractivity contribution in [2.24, 2.45) is 0 Å². The average molecular weight is 514 g/mol. The van der Waals surface area contributed by atoms with E-state index in [9.17, 15) is 23.0 Å². The molecule has 0 saturated heterocycles. The molecule has 0 spiro atoms. The van der Waals surface area contributed by atoms with E-state index in [4.69, 9.17) is 9.84 Å². The summed E-state index contributed by atoms with van der Waals surface area (Å²) in [6.07, 6.45) is 1.39. The zero-order chi connectivity index (χ0) is 25.9. The second kappa shape index (κ2) is 10.4. The molecule has 0 unspecified atom stereocenters. The van der Waals surface area contributed by atoms with Crippen LogP contribution in [0.5, 0.6) is 17.2 Å². The van der Waals surface area contributed by atoms with Gasteiger partial charge in [-0.3, -0.25) is 0 Å². The average Bonchev–Trinajstić information content (AvgIpc) is 3.33. The Morgan fingerprint density at radius 3 is 2.50 bits per heavy atom. The van der Waals surface area contributed by atoms with Crippen LogP contribution in [-0.4, -0.2) is 58.1 Å². The van der Waals surface area contributed by atoms with Crippen molar-refractivity contribution in [2.45, 2.75) is 11.4 Å². The number of hydrogen-bond donors (Lipinski definition) is 3. The Labute approximate surface area is 207 Å². The maximum atomic E-state index is 14.4. The number of aliphatic hydroxyl groups is 1. The first kappa shape index (κ1) is 25.2. The molecule has 0 bridgehead atoms. The van der Waals surface area contributed by atoms with E-state index < -0.39 is 32.2 Å². The lowest BCUT2D eigenvalue weighted by atomic mass is 10.1. The topological polar surface area (TPSA) is 125 Å². The predicted molar refractivity (Wildman–Crippen MR) is 130 cm³/mol. The Morgan fingerprint density at radius 2 is 1.75 bits per heavy atom. The molecule has 4 rings (SSSR count). The molecule has 4 aromatic rings. The number of aromatic hydroxyl groups is 2. The van der Waals surface area contributed by atoms with E-state index in [1.165, 1.54) is 42.2 Å². The van der Waals surface area contributed by atoms with Crippen molar-refractivity contribution < 1.29 is 32.9 Å². The quantitative estimate of drug-likeness (QED) is 0.314. The van der Waals surface area contributed by atoms with Crippen LogP contribution in [0.3, 0.4) is 0 Å². The number of phenolic OH excluding ortho intramolecular Hbond substituents is 2. The fraction of sp³-hybridized carbons (Fsp3) is 0.160. The first-order chi connectivity index (χ1) is 17.2. The highest BCUT2D eigenvalue weighted by atomic mass is 32.2. The number of rotatable bonds is 9. The minimum Gasteiger partial charge on any atom is -0.507 e. The summed E-state index contributed by atoms with van der Waals surface area (Å²) >= 11 is 0. The van der Waals surface area contributed by atoms with Gasteiger partial charge in [0.1, 0.15) is 40.3 Å². The summed E-state index contributed by atoms with van der Waals surface area (Å²) in [6.45, 7) is -0.242. The standard InChI is InChI=1S/C25H24FN3O6S/c1-28(16-17-6-2-5-9-24(17)35-13-12-30)36(33,34)25-14-18(22(31)15-23(25)32)20-10-11-27-29(20)21-8-4-3-7-19(21)26/h2-11,14-15,30-32H,12-13,16H2,1H3. The van der Waals surface area contributed by atoms with Crippen molar-refractivity contribution in [3.8, 4) is 34.2 Å². The number of sulfonamides is 1. The lowest BCUT2D eigenvalue weighted by Crippen LogP contribution is -2.27. The molecule has 0 aliphatic heterocycles. The number of para-hydroxylation sites is 2. The van der Waals surface area contributed by atoms with Crippen molar-refractivity contribution in [3.05, 3.63) is 84.3 Å². The third-order valence-electron chi connectivity index (χ3n) is 5.48. The van der Waals surface area contributed by atoms with Crippen LogP contribution >= 0.6 is 0 Å². The van der Waals surface area contributed by atoms with Gasteiger partial charge in [-0.25, -0.2) is 17.5 Å². The van der Waals surface area contributed by atoms with Crippen LogP contribution in [0.1, 0.15) is 5.56 Å². The van der Waals surface area contributed by atoms with E-state index in [0.29, 0.717) is 11.3 Å². The predicted octanol–water partition coefficient (Wildman–Crippen LogP) is 3.28. The van der Waals surface area contributed by atoms with Gasteiger partial charge in [0.05, 0.1) is 18.5 Å². The molecule has 3 N–H and O–H groups in total. The SMILES string of the molecule is CN(Cc1ccccc1OCCO)S(=O)(=O)c1cc(-c2ccnn2-c2ccccc2F)c(O)cc1O. The Kier molecular flexibility index (Phi) is 7.25. The van der Waals surface area contributed by atoms with Gasteiger partial charge in [-0.1, -0.05) is 30.3 Å². The molecule has 1 aromatic heterocycles. The molecule has 0 fully saturated rings. The molecular formula is C25H24FN3O6S. The molecule has 11 heteroatoms. The zero-order valence-electron chi connectivity index (χ0n) is 19.2. The molecule has 36 heavy (non-hydrogen) atoms. The van der Waals surface area contributed by atoms with Gasteiger partial charge in [-0.2, -0.15) is 9.40 Å². The van der Waals surface area contributed by atoms with Gasteiger partial charge in [0.15, 0.2) is 0 Å². The number of aliphatic hydroxyl groups excluding tert-OH is 1. The summed E-state index contributed by atoms with van der Waals surface area (Å²) in [5, 5.41) is 34.2. The van der Waals surface area contributed by atoms with Crippen molar-refractivity contribution in [1.82, 2.24) is 14.1 Å². The Hall–Kier alpha value is -3.93. The summed E-state index contributed by atoms with van der Waals surface area (Å²) in [5.74, 6) is -1.20. The first-order valence-electron chi connectivity index (χ1n) is 10.9. The fourth-order valence-electron chi connectivity index (χ4n) is 3.72. The van der Waals surface area contributed by atoms with Crippen molar-refractivity contribution in [1.29, 1.82) is 0 Å². The molecule has 0 amide bonds. The molecule has 188 valence electrons. The Morgan fingerprint density at radius 1 is 1.03 bits per heavy atom. The van der Waals surface area contributed by atoms with Gasteiger partial charge in [0.2, 0.25) is 10.0 Å². The Balaban J connectivity index is 1.73. The highest BCUT2D eigenvalue weighted by Gasteiger charge is 2.28. The number of nitrogens with zero attached hydrogens (tertiary/aromatic N) is 3. The van der Waals surface area contributed by atoms with Crippen LogP contribution in [0.2, 0.25) is 0 Å². The van der Waals surface area contributed by atoms with Gasteiger partial charge < -0.3 is 20.1 Å². The van der Waals surface area contributed by atoms with E-state index >= 15 is 0 Å². The molecule has 0 saturated carbocycles. The maximum absolute atomic E-state index is 14.4. The van der Waals surface area contributed by atoms with Crippen LogP contribution < -0.4 is 4.74 Å². The van der Waals surface area contributed by atoms with Gasteiger partial charge in [-0.15, -0.1) is 0 Å². The molecular weight excluding hydrogens is 489 g/mol. The van der Waals surface area contributed by atoms with E-state index in [0.717, 1.165) is 16.4 Å². The van der Waals surface area contributed by atoms with E-state index in [1.54, 1.807) is 30.3 Å². The molecule has 9 nitrogen and oxygen atoms in total. The van der Waals surface area contributed by atoms with Crippen molar-refractivity contribution in [2.75, 3.05) is 20.3 Å². The lowest BCUT2D eigenvalue weighted by molar-refractivity contribution is 0.199. The third-order valence-corrected chi connectivity index (χ3v) is 7.31. The fourth-order valence-corrected chi connectivity index (χ4v) is 4.95. The molecule has 0 aliphatic rings. The number of phenols is 2. The maximum Gasteiger partial charge on any atom is 0.246 e. The summed E-state index contributed by atoms with van der Waals surface area (Å²) in [7, 11) is -2.92. The summed E-state index contributed by atoms with van der Waals surface area (Å²) < 4.78 is 49.0. The van der Waals surface area contributed by atoms with E-state index in [2.05, 4.69) is 5.10 Å². The summed E-state index contributed by atoms with van der Waals surface area (Å²) in [4.78, 5) is -0.451. The van der Waals surface area contributed by atoms with Gasteiger partial charge in [0, 0.05) is 30.8 Å². The number of ether oxygens (including phenoxy) is 1. The number of benzene rings is 3. The monoisotopic (exact) mass is 513 g/mol. The molecule has 0 aliphatic carbocycles. The number of halogens is 1. The molecule has 1 heterocycles. The van der Waals surface area contributed by atoms with Crippen LogP contribution in [0.4, 0.5) is 4.39 Å². The largest absolute Gasteiger partial charge is 0.507 e. The normalized spacial score (nSPS) is 11.7. The van der Waals surface area contributed by atoms with Gasteiger partial charge in [-0.05, 0) is 30.3 Å². The highest BCUT2D eigenvalue weighted by Crippen LogP contribution is 2.39. The highest BCUT2D eigenvalue weighted by molar-refractivity contribution is 7.89. The third kappa shape index (κ3) is 4.89. The van der Waals surface area contributed by atoms with E-state index in [-0.39, 0.29) is 36.7 Å². The van der Waals surface area contributed by atoms with Crippen molar-refractivity contribution in [3.63, 3.8) is 0 Å². The minimum absolute atomic E-state index is 0.0345. The Bertz CT molecular complexity index is 1490. The van der Waals surface area contributed by atoms with Crippen LogP contribution in [0.25, 0.3) is 16.9 Å². The second-order valence-corrected chi connectivity index (χ2v) is 9.87. The number of hydrogen-bond acceptors (Lipinski definition) is 7. The van der Waals surface area contributed by atoms with Crippen molar-refractivity contribution >= 4 is 10.0 Å². The molecule has 0 atom stereocenters. The molecule has 3 aromatic carbocycles. The van der Waals surface area contributed by atoms with Gasteiger partial charge >= 0.3 is 0 Å². The van der Waals surface area contributed by atoms with E-state index in [1.807, 2.05) is 0 Å². The lowest BCUT2D eigenvalue weighted by Gasteiger charge is -2.20. The minimum atomic E-state index is -4.26. The van der Waals surface area contributed by atoms with Gasteiger partial charge in [0.25, 0.3) is 0 Å². The summed E-state index contributed by atoms with van der Waals surface area (Å²) in [6, 6.07) is 16.2. The molecule has 0 radical (unpaired) electrons.